The summed E-state index contributed by atoms with van der Waals surface area (Å²) in [5.41, 5.74) is -1.50. The van der Waals surface area contributed by atoms with Crippen LogP contribution in [-0.4, -0.2) is 32.1 Å². The van der Waals surface area contributed by atoms with E-state index in [1.54, 1.807) is 62.3 Å². The van der Waals surface area contributed by atoms with Crippen molar-refractivity contribution in [3.05, 3.63) is 7.43 Å². The normalized spacial score (nSPS) is 10.6. The molecule has 17 heavy (non-hydrogen) atoms. The van der Waals surface area contributed by atoms with Crippen molar-refractivity contribution in [3.63, 3.8) is 0 Å². The number of hydrogen-bond acceptors (Lipinski definition) is 3. The fourth-order valence-corrected chi connectivity index (χ4v) is 0. The van der Waals surface area contributed by atoms with Crippen LogP contribution in [0.4, 0.5) is 0 Å². The first-order valence-corrected chi connectivity index (χ1v) is 5.17. The summed E-state index contributed by atoms with van der Waals surface area (Å²) in [4.78, 5) is 0. The molecule has 0 rings (SSSR count). The Bertz CT molecular complexity index is 91.7. The third kappa shape index (κ3) is 6270. The van der Waals surface area contributed by atoms with E-state index in [0.717, 1.165) is 0 Å². The molecule has 0 heterocycles. The average Bonchev–Trinajstić information content (AvgIpc) is 1.41. The van der Waals surface area contributed by atoms with Gasteiger partial charge in [-0.3, -0.25) is 0 Å². The van der Waals surface area contributed by atoms with Crippen LogP contribution in [0.15, 0.2) is 0 Å². The van der Waals surface area contributed by atoms with E-state index < -0.39 is 16.8 Å². The SMILES string of the molecule is CC(C)(C)O.CC(C)(C)O.CC(C)(C)O.[CH3-].[Zr]. The van der Waals surface area contributed by atoms with Crippen LogP contribution in [0.3, 0.4) is 0 Å². The van der Waals surface area contributed by atoms with Crippen LogP contribution in [0, 0.1) is 7.43 Å². The molecule has 0 radical (unpaired) electrons. The van der Waals surface area contributed by atoms with Crippen LogP contribution in [-0.2, 0) is 26.2 Å². The predicted octanol–water partition coefficient (Wildman–Crippen LogP) is 2.78. The number of hydrogen-bond donors (Lipinski definition) is 3. The molecule has 0 aromatic heterocycles. The molecule has 0 spiro atoms. The van der Waals surface area contributed by atoms with Crippen LogP contribution in [0.1, 0.15) is 62.3 Å². The molecule has 0 unspecified atom stereocenters. The van der Waals surface area contributed by atoms with Crippen LogP contribution in [0.2, 0.25) is 0 Å². The molecule has 0 saturated heterocycles. The monoisotopic (exact) mass is 327 g/mol. The maximum atomic E-state index is 8.52. The molecule has 0 saturated carbocycles. The first-order chi connectivity index (χ1) is 6.00. The molecule has 0 atom stereocenters. The number of aliphatic hydroxyl groups is 3. The van der Waals surface area contributed by atoms with Crippen LogP contribution >= 0.6 is 0 Å². The zero-order valence-electron chi connectivity index (χ0n) is 13.3. The summed E-state index contributed by atoms with van der Waals surface area (Å²) in [6.07, 6.45) is 0. The Kier molecular flexibility index (Phi) is 21.3. The molecule has 3 nitrogen and oxygen atoms in total. The molecule has 0 aromatic carbocycles. The summed E-state index contributed by atoms with van der Waals surface area (Å²) in [5.74, 6) is 0. The van der Waals surface area contributed by atoms with E-state index in [0.29, 0.717) is 0 Å². The van der Waals surface area contributed by atoms with Gasteiger partial charge in [-0.2, -0.15) is 0 Å². The molecular formula is C13H33O3Zr-. The molecule has 0 aliphatic carbocycles. The van der Waals surface area contributed by atoms with Crippen molar-refractivity contribution in [1.82, 2.24) is 0 Å². The molecule has 0 aliphatic rings. The first kappa shape index (κ1) is 30.6. The maximum Gasteiger partial charge on any atom is 0.0563 e. The van der Waals surface area contributed by atoms with E-state index in [1.165, 1.54) is 0 Å². The zero-order valence-corrected chi connectivity index (χ0v) is 15.8. The minimum Gasteiger partial charge on any atom is -0.391 e. The fourth-order valence-electron chi connectivity index (χ4n) is 0. The molecule has 0 aliphatic heterocycles. The van der Waals surface area contributed by atoms with E-state index in [9.17, 15) is 0 Å². The van der Waals surface area contributed by atoms with Crippen LogP contribution in [0.25, 0.3) is 0 Å². The third-order valence-corrected chi connectivity index (χ3v) is 0. The molecule has 0 bridgehead atoms. The van der Waals surface area contributed by atoms with Crippen molar-refractivity contribution in [2.24, 2.45) is 0 Å². The topological polar surface area (TPSA) is 60.7 Å². The van der Waals surface area contributed by atoms with Gasteiger partial charge in [0.05, 0.1) is 16.8 Å². The molecular weight excluding hydrogens is 295 g/mol. The Morgan fingerprint density at radius 3 is 0.471 bits per heavy atom. The zero-order chi connectivity index (χ0) is 13.5. The van der Waals surface area contributed by atoms with Crippen molar-refractivity contribution in [2.45, 2.75) is 79.1 Å². The van der Waals surface area contributed by atoms with Crippen molar-refractivity contribution in [1.29, 1.82) is 0 Å². The van der Waals surface area contributed by atoms with E-state index in [1.807, 2.05) is 0 Å². The van der Waals surface area contributed by atoms with Gasteiger partial charge in [0.25, 0.3) is 0 Å². The Labute approximate surface area is 128 Å². The number of rotatable bonds is 0. The van der Waals surface area contributed by atoms with E-state index in [-0.39, 0.29) is 33.6 Å². The van der Waals surface area contributed by atoms with Gasteiger partial charge < -0.3 is 22.7 Å². The Morgan fingerprint density at radius 2 is 0.471 bits per heavy atom. The first-order valence-electron chi connectivity index (χ1n) is 5.17. The van der Waals surface area contributed by atoms with Gasteiger partial charge in [-0.25, -0.2) is 0 Å². The van der Waals surface area contributed by atoms with Crippen LogP contribution in [0.5, 0.6) is 0 Å². The largest absolute Gasteiger partial charge is 0.391 e. The second-order valence-electron chi connectivity index (χ2n) is 6.51. The van der Waals surface area contributed by atoms with Gasteiger partial charge in [-0.1, -0.05) is 0 Å². The van der Waals surface area contributed by atoms with Gasteiger partial charge in [0, 0.05) is 26.2 Å². The van der Waals surface area contributed by atoms with Gasteiger partial charge in [0.2, 0.25) is 0 Å². The molecule has 3 N–H and O–H groups in total. The maximum absolute atomic E-state index is 8.52. The summed E-state index contributed by atoms with van der Waals surface area (Å²) in [7, 11) is 0. The average molecular weight is 329 g/mol. The predicted molar refractivity (Wildman–Crippen MR) is 72.3 cm³/mol. The minimum atomic E-state index is -0.500. The second-order valence-corrected chi connectivity index (χ2v) is 6.51. The third-order valence-electron chi connectivity index (χ3n) is 0. The Morgan fingerprint density at radius 1 is 0.471 bits per heavy atom. The summed E-state index contributed by atoms with van der Waals surface area (Å²) in [5, 5.41) is 25.6. The summed E-state index contributed by atoms with van der Waals surface area (Å²) in [6.45, 7) is 15.7. The quantitative estimate of drug-likeness (QED) is 0.599. The van der Waals surface area contributed by atoms with Gasteiger partial charge in [-0.05, 0) is 62.3 Å². The molecule has 0 fully saturated rings. The van der Waals surface area contributed by atoms with Crippen molar-refractivity contribution in [3.8, 4) is 0 Å². The van der Waals surface area contributed by atoms with Gasteiger partial charge in [-0.15, -0.1) is 0 Å². The summed E-state index contributed by atoms with van der Waals surface area (Å²) < 4.78 is 0. The Hall–Kier alpha value is 0.763. The summed E-state index contributed by atoms with van der Waals surface area (Å²) in [6, 6.07) is 0. The van der Waals surface area contributed by atoms with Gasteiger partial charge in [0.1, 0.15) is 0 Å². The molecule has 0 amide bonds. The van der Waals surface area contributed by atoms with E-state index in [2.05, 4.69) is 0 Å². The molecule has 0 aromatic rings. The minimum absolute atomic E-state index is 0. The standard InChI is InChI=1S/3C4H10O.CH3.Zr/c3*1-4(2,3)5;;/h3*5H,1-3H3;1H3;/q;;;-1;. The smallest absolute Gasteiger partial charge is 0.0563 e. The van der Waals surface area contributed by atoms with Crippen LogP contribution < -0.4 is 0 Å². The second kappa shape index (κ2) is 11.8. The molecule has 4 heteroatoms. The van der Waals surface area contributed by atoms with Crippen molar-refractivity contribution >= 4 is 0 Å². The fraction of sp³-hybridized carbons (Fsp3) is 0.923. The van der Waals surface area contributed by atoms with Crippen molar-refractivity contribution < 1.29 is 41.5 Å². The van der Waals surface area contributed by atoms with Gasteiger partial charge >= 0.3 is 0 Å². The van der Waals surface area contributed by atoms with E-state index in [4.69, 9.17) is 15.3 Å². The van der Waals surface area contributed by atoms with E-state index >= 15 is 0 Å². The van der Waals surface area contributed by atoms with Crippen molar-refractivity contribution in [2.75, 3.05) is 0 Å². The molecule has 108 valence electrons. The Balaban J connectivity index is -0.0000000400. The van der Waals surface area contributed by atoms with Gasteiger partial charge in [0.15, 0.2) is 0 Å². The summed E-state index contributed by atoms with van der Waals surface area (Å²) >= 11 is 0.